The average molecular weight is 260 g/mol. The van der Waals surface area contributed by atoms with E-state index in [1.807, 2.05) is 0 Å². The fourth-order valence-electron chi connectivity index (χ4n) is 1.41. The van der Waals surface area contributed by atoms with Gasteiger partial charge in [-0.15, -0.1) is 0 Å². The lowest BCUT2D eigenvalue weighted by Crippen LogP contribution is -2.13. The third-order valence-electron chi connectivity index (χ3n) is 2.28. The highest BCUT2D eigenvalue weighted by molar-refractivity contribution is 6.05. The number of phenols is 1. The van der Waals surface area contributed by atoms with E-state index in [4.69, 9.17) is 0 Å². The minimum Gasteiger partial charge on any atom is -0.505 e. The predicted molar refractivity (Wildman–Crippen MR) is 64.7 cm³/mol. The van der Waals surface area contributed by atoms with Gasteiger partial charge in [0.25, 0.3) is 11.6 Å². The van der Waals surface area contributed by atoms with Crippen LogP contribution in [0, 0.1) is 10.1 Å². The number of rotatable bonds is 3. The van der Waals surface area contributed by atoms with Crippen LogP contribution in [0.25, 0.3) is 0 Å². The van der Waals surface area contributed by atoms with Crippen molar-refractivity contribution >= 4 is 17.3 Å². The molecule has 0 bridgehead atoms. The third kappa shape index (κ3) is 2.63. The molecular formula is C11H8N4O4. The molecule has 19 heavy (non-hydrogen) atoms. The van der Waals surface area contributed by atoms with Crippen LogP contribution >= 0.6 is 0 Å². The molecule has 8 nitrogen and oxygen atoms in total. The van der Waals surface area contributed by atoms with Crippen LogP contribution in [0.4, 0.5) is 11.4 Å². The summed E-state index contributed by atoms with van der Waals surface area (Å²) in [6, 6.07) is 3.73. The quantitative estimate of drug-likeness (QED) is 0.488. The summed E-state index contributed by atoms with van der Waals surface area (Å²) in [5, 5.41) is 22.7. The molecule has 0 aliphatic rings. The van der Waals surface area contributed by atoms with Crippen molar-refractivity contribution in [3.63, 3.8) is 0 Å². The lowest BCUT2D eigenvalue weighted by Gasteiger charge is -2.07. The van der Waals surface area contributed by atoms with Gasteiger partial charge in [-0.2, -0.15) is 0 Å². The molecule has 1 heterocycles. The van der Waals surface area contributed by atoms with Crippen molar-refractivity contribution in [3.8, 4) is 5.75 Å². The van der Waals surface area contributed by atoms with Gasteiger partial charge in [0.05, 0.1) is 10.5 Å². The van der Waals surface area contributed by atoms with E-state index in [-0.39, 0.29) is 17.0 Å². The number of hydrogen-bond acceptors (Lipinski definition) is 6. The normalized spacial score (nSPS) is 9.89. The first-order chi connectivity index (χ1) is 9.09. The number of nitro groups is 1. The number of para-hydroxylation sites is 1. The zero-order valence-corrected chi connectivity index (χ0v) is 9.48. The van der Waals surface area contributed by atoms with Gasteiger partial charge in [0.1, 0.15) is 12.1 Å². The van der Waals surface area contributed by atoms with Crippen LogP contribution in [0.1, 0.15) is 10.4 Å². The van der Waals surface area contributed by atoms with Crippen LogP contribution in [0.3, 0.4) is 0 Å². The minimum atomic E-state index is -0.698. The van der Waals surface area contributed by atoms with E-state index in [0.717, 1.165) is 0 Å². The molecule has 2 N–H and O–H groups in total. The van der Waals surface area contributed by atoms with Crippen LogP contribution in [0.2, 0.25) is 0 Å². The molecule has 1 aromatic heterocycles. The number of carbonyl (C=O) groups excluding carboxylic acids is 1. The number of carbonyl (C=O) groups is 1. The molecule has 0 unspecified atom stereocenters. The minimum absolute atomic E-state index is 0.125. The number of aromatic nitrogens is 2. The third-order valence-corrected chi connectivity index (χ3v) is 2.28. The maximum Gasteiger partial charge on any atom is 0.296 e. The molecular weight excluding hydrogens is 252 g/mol. The number of benzene rings is 1. The molecule has 1 amide bonds. The standard InChI is InChI=1S/C11H8N4O4/c16-9-3-1-2-8(15(18)19)10(9)14-11(17)7-4-12-6-13-5-7/h1-6,16H,(H,14,17). The van der Waals surface area contributed by atoms with Gasteiger partial charge in [-0.25, -0.2) is 9.97 Å². The number of aromatic hydroxyl groups is 1. The Labute approximate surface area is 106 Å². The van der Waals surface area contributed by atoms with Crippen LogP contribution < -0.4 is 5.32 Å². The van der Waals surface area contributed by atoms with Crippen molar-refractivity contribution in [1.82, 2.24) is 9.97 Å². The SMILES string of the molecule is O=C(Nc1c(O)cccc1[N+](=O)[O-])c1cncnc1. The van der Waals surface area contributed by atoms with E-state index in [2.05, 4.69) is 15.3 Å². The Bertz CT molecular complexity index is 630. The maximum absolute atomic E-state index is 11.8. The number of anilines is 1. The van der Waals surface area contributed by atoms with Gasteiger partial charge >= 0.3 is 0 Å². The van der Waals surface area contributed by atoms with Crippen molar-refractivity contribution < 1.29 is 14.8 Å². The van der Waals surface area contributed by atoms with Gasteiger partial charge in [-0.3, -0.25) is 14.9 Å². The molecule has 96 valence electrons. The van der Waals surface area contributed by atoms with E-state index >= 15 is 0 Å². The second-order valence-electron chi connectivity index (χ2n) is 3.51. The fraction of sp³-hybridized carbons (Fsp3) is 0. The smallest absolute Gasteiger partial charge is 0.296 e. The molecule has 1 aromatic carbocycles. The zero-order valence-electron chi connectivity index (χ0n) is 9.48. The second-order valence-corrected chi connectivity index (χ2v) is 3.51. The summed E-state index contributed by atoms with van der Waals surface area (Å²) in [5.41, 5.74) is -0.536. The van der Waals surface area contributed by atoms with Crippen molar-refractivity contribution in [2.24, 2.45) is 0 Å². The van der Waals surface area contributed by atoms with E-state index in [0.29, 0.717) is 0 Å². The number of amides is 1. The first-order valence-corrected chi connectivity index (χ1v) is 5.12. The lowest BCUT2D eigenvalue weighted by atomic mass is 10.2. The second kappa shape index (κ2) is 5.08. The number of hydrogen-bond donors (Lipinski definition) is 2. The Morgan fingerprint density at radius 3 is 2.63 bits per heavy atom. The van der Waals surface area contributed by atoms with Crippen LogP contribution in [-0.4, -0.2) is 25.9 Å². The zero-order chi connectivity index (χ0) is 13.8. The summed E-state index contributed by atoms with van der Waals surface area (Å²) in [6.07, 6.45) is 3.77. The van der Waals surface area contributed by atoms with Crippen LogP contribution in [-0.2, 0) is 0 Å². The Kier molecular flexibility index (Phi) is 3.33. The maximum atomic E-state index is 11.8. The molecule has 0 saturated carbocycles. The topological polar surface area (TPSA) is 118 Å². The summed E-state index contributed by atoms with van der Waals surface area (Å²) in [4.78, 5) is 29.2. The highest BCUT2D eigenvalue weighted by Gasteiger charge is 2.20. The molecule has 2 rings (SSSR count). The summed E-state index contributed by atoms with van der Waals surface area (Å²) in [6.45, 7) is 0. The van der Waals surface area contributed by atoms with E-state index in [1.54, 1.807) is 0 Å². The van der Waals surface area contributed by atoms with Crippen LogP contribution in [0.15, 0.2) is 36.9 Å². The fourth-order valence-corrected chi connectivity index (χ4v) is 1.41. The van der Waals surface area contributed by atoms with Crippen LogP contribution in [0.5, 0.6) is 5.75 Å². The van der Waals surface area contributed by atoms with Gasteiger partial charge in [-0.1, -0.05) is 6.07 Å². The lowest BCUT2D eigenvalue weighted by molar-refractivity contribution is -0.384. The number of nitrogens with one attached hydrogen (secondary N) is 1. The molecule has 0 atom stereocenters. The van der Waals surface area contributed by atoms with E-state index < -0.39 is 16.5 Å². The first kappa shape index (κ1) is 12.4. The van der Waals surface area contributed by atoms with Gasteiger partial charge in [0.15, 0.2) is 5.69 Å². The Morgan fingerprint density at radius 1 is 1.32 bits per heavy atom. The molecule has 0 aliphatic heterocycles. The van der Waals surface area contributed by atoms with Gasteiger partial charge in [0.2, 0.25) is 0 Å². The average Bonchev–Trinajstić information content (AvgIpc) is 2.41. The summed E-state index contributed by atoms with van der Waals surface area (Å²) < 4.78 is 0. The molecule has 0 fully saturated rings. The monoisotopic (exact) mass is 260 g/mol. The van der Waals surface area contributed by atoms with Gasteiger partial charge in [-0.05, 0) is 6.07 Å². The van der Waals surface area contributed by atoms with Crippen molar-refractivity contribution in [2.45, 2.75) is 0 Å². The molecule has 0 spiro atoms. The largest absolute Gasteiger partial charge is 0.505 e. The molecule has 0 saturated heterocycles. The number of phenolic OH excluding ortho intramolecular Hbond substituents is 1. The number of nitrogens with zero attached hydrogens (tertiary/aromatic N) is 3. The molecule has 8 heteroatoms. The highest BCUT2D eigenvalue weighted by atomic mass is 16.6. The number of nitro benzene ring substituents is 1. The predicted octanol–water partition coefficient (Wildman–Crippen LogP) is 1.34. The highest BCUT2D eigenvalue weighted by Crippen LogP contribution is 2.33. The van der Waals surface area contributed by atoms with Gasteiger partial charge < -0.3 is 10.4 Å². The Balaban J connectivity index is 2.34. The van der Waals surface area contributed by atoms with Crippen molar-refractivity contribution in [3.05, 3.63) is 52.6 Å². The molecule has 2 aromatic rings. The van der Waals surface area contributed by atoms with Gasteiger partial charge in [0, 0.05) is 18.5 Å². The summed E-state index contributed by atoms with van der Waals surface area (Å²) in [7, 11) is 0. The molecule has 0 radical (unpaired) electrons. The van der Waals surface area contributed by atoms with Crippen molar-refractivity contribution in [1.29, 1.82) is 0 Å². The Morgan fingerprint density at radius 2 is 2.00 bits per heavy atom. The van der Waals surface area contributed by atoms with E-state index in [1.165, 1.54) is 36.9 Å². The Hall–Kier alpha value is -3.03. The first-order valence-electron chi connectivity index (χ1n) is 5.12. The molecule has 0 aliphatic carbocycles. The van der Waals surface area contributed by atoms with E-state index in [9.17, 15) is 20.0 Å². The van der Waals surface area contributed by atoms with Crippen molar-refractivity contribution in [2.75, 3.05) is 5.32 Å². The summed E-state index contributed by atoms with van der Waals surface area (Å²) in [5.74, 6) is -1.04. The summed E-state index contributed by atoms with van der Waals surface area (Å²) >= 11 is 0.